The van der Waals surface area contributed by atoms with E-state index in [4.69, 9.17) is 4.74 Å². The Morgan fingerprint density at radius 1 is 1.40 bits per heavy atom. The largest absolute Gasteiger partial charge is 0.466 e. The maximum Gasteiger partial charge on any atom is 0.307 e. The summed E-state index contributed by atoms with van der Waals surface area (Å²) < 4.78 is 4.82. The predicted octanol–water partition coefficient (Wildman–Crippen LogP) is 0.966. The van der Waals surface area contributed by atoms with Crippen LogP contribution in [0.4, 0.5) is 0 Å². The number of H-pyrrole nitrogens is 1. The minimum atomic E-state index is -0.236. The second-order valence-corrected chi connectivity index (χ2v) is 4.26. The van der Waals surface area contributed by atoms with Gasteiger partial charge in [0.15, 0.2) is 0 Å². The molecule has 0 bridgehead atoms. The number of rotatable bonds is 6. The van der Waals surface area contributed by atoms with Gasteiger partial charge in [0.05, 0.1) is 30.5 Å². The molecule has 0 aliphatic heterocycles. The summed E-state index contributed by atoms with van der Waals surface area (Å²) in [5.41, 5.74) is 0.510. The Labute approximate surface area is 116 Å². The minimum absolute atomic E-state index is 0.155. The van der Waals surface area contributed by atoms with Crippen LogP contribution in [-0.4, -0.2) is 29.1 Å². The van der Waals surface area contributed by atoms with E-state index in [1.807, 2.05) is 6.07 Å². The highest BCUT2D eigenvalue weighted by Gasteiger charge is 2.04. The first-order valence-electron chi connectivity index (χ1n) is 6.55. The molecule has 0 saturated heterocycles. The molecule has 6 nitrogen and oxygen atoms in total. The van der Waals surface area contributed by atoms with Crippen LogP contribution in [0.15, 0.2) is 29.1 Å². The van der Waals surface area contributed by atoms with Crippen molar-refractivity contribution in [2.24, 2.45) is 0 Å². The third kappa shape index (κ3) is 3.64. The Morgan fingerprint density at radius 2 is 2.20 bits per heavy atom. The fraction of sp³-hybridized carbons (Fsp3) is 0.357. The Bertz CT molecular complexity index is 651. The van der Waals surface area contributed by atoms with E-state index in [-0.39, 0.29) is 11.5 Å². The number of carbonyl (C=O) groups excluding carboxylic acids is 1. The summed E-state index contributed by atoms with van der Waals surface area (Å²) in [6, 6.07) is 7.18. The molecule has 0 amide bonds. The van der Waals surface area contributed by atoms with Crippen LogP contribution < -0.4 is 10.9 Å². The van der Waals surface area contributed by atoms with Gasteiger partial charge >= 0.3 is 5.97 Å². The number of aromatic amines is 1. The summed E-state index contributed by atoms with van der Waals surface area (Å²) >= 11 is 0. The molecule has 1 aromatic carbocycles. The van der Waals surface area contributed by atoms with Gasteiger partial charge in [0.25, 0.3) is 5.56 Å². The Balaban J connectivity index is 1.94. The third-order valence-electron chi connectivity index (χ3n) is 2.77. The zero-order valence-electron chi connectivity index (χ0n) is 11.3. The predicted molar refractivity (Wildman–Crippen MR) is 75.3 cm³/mol. The van der Waals surface area contributed by atoms with Gasteiger partial charge in [-0.2, -0.15) is 0 Å². The van der Waals surface area contributed by atoms with Crippen molar-refractivity contribution in [3.05, 3.63) is 40.4 Å². The van der Waals surface area contributed by atoms with E-state index in [1.165, 1.54) is 0 Å². The molecule has 0 radical (unpaired) electrons. The van der Waals surface area contributed by atoms with E-state index in [0.29, 0.717) is 42.8 Å². The number of para-hydroxylation sites is 1. The van der Waals surface area contributed by atoms with Gasteiger partial charge in [0, 0.05) is 6.54 Å². The van der Waals surface area contributed by atoms with E-state index in [1.54, 1.807) is 25.1 Å². The van der Waals surface area contributed by atoms with Crippen LogP contribution in [-0.2, 0) is 16.1 Å². The Kier molecular flexibility index (Phi) is 4.84. The van der Waals surface area contributed by atoms with Crippen LogP contribution in [0.25, 0.3) is 10.9 Å². The van der Waals surface area contributed by atoms with Crippen LogP contribution in [0, 0.1) is 0 Å². The van der Waals surface area contributed by atoms with Crippen LogP contribution >= 0.6 is 0 Å². The first-order valence-corrected chi connectivity index (χ1v) is 6.55. The highest BCUT2D eigenvalue weighted by Crippen LogP contribution is 2.05. The number of ether oxygens (including phenoxy) is 1. The maximum absolute atomic E-state index is 11.8. The van der Waals surface area contributed by atoms with E-state index >= 15 is 0 Å². The van der Waals surface area contributed by atoms with E-state index in [2.05, 4.69) is 15.3 Å². The second kappa shape index (κ2) is 6.81. The lowest BCUT2D eigenvalue weighted by molar-refractivity contribution is -0.142. The fourth-order valence-electron chi connectivity index (χ4n) is 1.85. The number of hydrogen-bond acceptors (Lipinski definition) is 5. The minimum Gasteiger partial charge on any atom is -0.466 e. The van der Waals surface area contributed by atoms with Gasteiger partial charge in [-0.3, -0.25) is 9.59 Å². The summed E-state index contributed by atoms with van der Waals surface area (Å²) in [5.74, 6) is 0.317. The van der Waals surface area contributed by atoms with Crippen molar-refractivity contribution in [2.75, 3.05) is 13.2 Å². The first kappa shape index (κ1) is 14.2. The quantitative estimate of drug-likeness (QED) is 0.606. The Morgan fingerprint density at radius 3 is 3.00 bits per heavy atom. The third-order valence-corrected chi connectivity index (χ3v) is 2.77. The van der Waals surface area contributed by atoms with Gasteiger partial charge in [-0.05, 0) is 19.1 Å². The van der Waals surface area contributed by atoms with Crippen molar-refractivity contribution in [3.8, 4) is 0 Å². The van der Waals surface area contributed by atoms with Crippen molar-refractivity contribution in [1.82, 2.24) is 15.3 Å². The van der Waals surface area contributed by atoms with Crippen molar-refractivity contribution < 1.29 is 9.53 Å². The molecule has 0 aliphatic rings. The lowest BCUT2D eigenvalue weighted by Gasteiger charge is -2.05. The van der Waals surface area contributed by atoms with E-state index in [0.717, 1.165) is 0 Å². The lowest BCUT2D eigenvalue weighted by Crippen LogP contribution is -2.22. The lowest BCUT2D eigenvalue weighted by atomic mass is 10.2. The van der Waals surface area contributed by atoms with Crippen LogP contribution in [0.5, 0.6) is 0 Å². The van der Waals surface area contributed by atoms with Crippen LogP contribution in [0.3, 0.4) is 0 Å². The summed E-state index contributed by atoms with van der Waals surface area (Å²) in [4.78, 5) is 30.0. The molecule has 106 valence electrons. The molecule has 0 aliphatic carbocycles. The molecule has 6 heteroatoms. The number of hydrogen-bond donors (Lipinski definition) is 2. The fourth-order valence-corrected chi connectivity index (χ4v) is 1.85. The molecule has 0 atom stereocenters. The van der Waals surface area contributed by atoms with Gasteiger partial charge in [-0.25, -0.2) is 4.98 Å². The summed E-state index contributed by atoms with van der Waals surface area (Å²) in [6.07, 6.45) is 0.297. The van der Waals surface area contributed by atoms with Crippen LogP contribution in [0.2, 0.25) is 0 Å². The van der Waals surface area contributed by atoms with Crippen molar-refractivity contribution >= 4 is 16.9 Å². The molecule has 0 unspecified atom stereocenters. The monoisotopic (exact) mass is 275 g/mol. The number of nitrogens with zero attached hydrogens (tertiary/aromatic N) is 1. The molecular weight excluding hydrogens is 258 g/mol. The molecule has 0 saturated carbocycles. The molecule has 1 aromatic heterocycles. The molecule has 0 fully saturated rings. The van der Waals surface area contributed by atoms with Crippen molar-refractivity contribution in [3.63, 3.8) is 0 Å². The molecule has 2 rings (SSSR count). The average molecular weight is 275 g/mol. The summed E-state index contributed by atoms with van der Waals surface area (Å²) in [6.45, 7) is 3.04. The zero-order valence-corrected chi connectivity index (χ0v) is 11.3. The number of esters is 1. The summed E-state index contributed by atoms with van der Waals surface area (Å²) in [5, 5.41) is 3.62. The SMILES string of the molecule is CCOC(=O)CCNCc1nc2ccccc2c(=O)[nH]1. The van der Waals surface area contributed by atoms with E-state index in [9.17, 15) is 9.59 Å². The number of aromatic nitrogens is 2. The van der Waals surface area contributed by atoms with Gasteiger partial charge in [0.1, 0.15) is 5.82 Å². The van der Waals surface area contributed by atoms with Gasteiger partial charge in [0.2, 0.25) is 0 Å². The second-order valence-electron chi connectivity index (χ2n) is 4.26. The normalized spacial score (nSPS) is 10.7. The van der Waals surface area contributed by atoms with Crippen LogP contribution in [0.1, 0.15) is 19.2 Å². The average Bonchev–Trinajstić information content (AvgIpc) is 2.44. The van der Waals surface area contributed by atoms with Crippen molar-refractivity contribution in [2.45, 2.75) is 19.9 Å². The first-order chi connectivity index (χ1) is 9.70. The number of fused-ring (bicyclic) bond motifs is 1. The van der Waals surface area contributed by atoms with Crippen molar-refractivity contribution in [1.29, 1.82) is 0 Å². The highest BCUT2D eigenvalue weighted by atomic mass is 16.5. The van der Waals surface area contributed by atoms with E-state index < -0.39 is 0 Å². The molecule has 2 N–H and O–H groups in total. The summed E-state index contributed by atoms with van der Waals surface area (Å²) in [7, 11) is 0. The zero-order chi connectivity index (χ0) is 14.4. The number of benzene rings is 1. The molecule has 2 aromatic rings. The number of nitrogens with one attached hydrogen (secondary N) is 2. The smallest absolute Gasteiger partial charge is 0.307 e. The van der Waals surface area contributed by atoms with Gasteiger partial charge in [-0.15, -0.1) is 0 Å². The molecule has 20 heavy (non-hydrogen) atoms. The van der Waals surface area contributed by atoms with Gasteiger partial charge in [-0.1, -0.05) is 12.1 Å². The molecule has 1 heterocycles. The maximum atomic E-state index is 11.8. The Hall–Kier alpha value is -2.21. The van der Waals surface area contributed by atoms with Gasteiger partial charge < -0.3 is 15.0 Å². The highest BCUT2D eigenvalue weighted by molar-refractivity contribution is 5.77. The topological polar surface area (TPSA) is 84.1 Å². The number of carbonyl (C=O) groups is 1. The molecular formula is C14H17N3O3. The standard InChI is InChI=1S/C14H17N3O3/c1-2-20-13(18)7-8-15-9-12-16-11-6-4-3-5-10(11)14(19)17-12/h3-6,15H,2,7-9H2,1H3,(H,16,17,19). The molecule has 0 spiro atoms.